The number of benzene rings is 1. The van der Waals surface area contributed by atoms with Crippen molar-refractivity contribution in [2.75, 3.05) is 41.3 Å². The van der Waals surface area contributed by atoms with Crippen LogP contribution in [0, 0.1) is 23.6 Å². The molecule has 1 aromatic carbocycles. The molecule has 3 heterocycles. The first-order valence-electron chi connectivity index (χ1n) is 18.9. The van der Waals surface area contributed by atoms with Gasteiger partial charge in [-0.3, -0.25) is 9.59 Å². The Hall–Kier alpha value is -2.27. The van der Waals surface area contributed by atoms with Crippen LogP contribution in [0.3, 0.4) is 0 Å². The molecule has 0 spiro atoms. The van der Waals surface area contributed by atoms with Crippen molar-refractivity contribution in [3.63, 3.8) is 0 Å². The van der Waals surface area contributed by atoms with Crippen molar-refractivity contribution < 1.29 is 53.0 Å². The van der Waals surface area contributed by atoms with Crippen molar-refractivity contribution in [1.82, 2.24) is 14.7 Å². The average molecular weight is 754 g/mol. The second-order valence-corrected chi connectivity index (χ2v) is 16.6. The molecule has 0 saturated carbocycles. The van der Waals surface area contributed by atoms with E-state index in [9.17, 15) is 29.3 Å². The Morgan fingerprint density at radius 2 is 1.64 bits per heavy atom. The fraction of sp³-hybridized carbons (Fsp3) is 0.795. The van der Waals surface area contributed by atoms with Gasteiger partial charge in [0.1, 0.15) is 24.6 Å². The Labute approximate surface area is 314 Å². The lowest BCUT2D eigenvalue weighted by atomic mass is 9.77. The van der Waals surface area contributed by atoms with Gasteiger partial charge in [0.15, 0.2) is 12.6 Å². The van der Waals surface area contributed by atoms with Gasteiger partial charge < -0.3 is 53.7 Å². The molecule has 0 unspecified atom stereocenters. The summed E-state index contributed by atoms with van der Waals surface area (Å²) in [5.74, 6) is -3.01. The highest BCUT2D eigenvalue weighted by atomic mass is 19.1. The maximum atomic E-state index is 14.7. The molecule has 1 aromatic rings. The summed E-state index contributed by atoms with van der Waals surface area (Å²) < 4.78 is 45.5. The second kappa shape index (κ2) is 17.7. The summed E-state index contributed by atoms with van der Waals surface area (Å²) in [6, 6.07) is 5.50. The van der Waals surface area contributed by atoms with Gasteiger partial charge in [0.2, 0.25) is 11.8 Å². The normalized spacial score (nSPS) is 41.2. The Bertz CT molecular complexity index is 1370. The number of amides is 2. The molecule has 0 bridgehead atoms. The van der Waals surface area contributed by atoms with Crippen molar-refractivity contribution in [1.29, 1.82) is 0 Å². The van der Waals surface area contributed by atoms with Crippen molar-refractivity contribution in [3.8, 4) is 0 Å². The van der Waals surface area contributed by atoms with Gasteiger partial charge in [-0.05, 0) is 78.2 Å². The summed E-state index contributed by atoms with van der Waals surface area (Å²) in [6.07, 6.45) is -6.11. The molecule has 3 aliphatic rings. The topological polar surface area (TPSA) is 151 Å². The van der Waals surface area contributed by atoms with Gasteiger partial charge in [-0.25, -0.2) is 4.39 Å². The molecule has 3 fully saturated rings. The quantitative estimate of drug-likeness (QED) is 0.360. The van der Waals surface area contributed by atoms with Crippen LogP contribution in [0.5, 0.6) is 0 Å². The number of halogens is 1. The number of likely N-dealkylation sites (N-methyl/N-ethyl adjacent to an activating group) is 2. The van der Waals surface area contributed by atoms with E-state index in [0.29, 0.717) is 12.0 Å². The van der Waals surface area contributed by atoms with E-state index in [2.05, 4.69) is 0 Å². The van der Waals surface area contributed by atoms with E-state index in [0.717, 1.165) is 0 Å². The summed E-state index contributed by atoms with van der Waals surface area (Å²) in [5.41, 5.74) is -1.95. The number of methoxy groups -OCH3 is 1. The molecule has 3 N–H and O–H groups in total. The van der Waals surface area contributed by atoms with Crippen LogP contribution < -0.4 is 0 Å². The predicted octanol–water partition coefficient (Wildman–Crippen LogP) is 2.77. The van der Waals surface area contributed by atoms with Crippen molar-refractivity contribution in [2.24, 2.45) is 17.8 Å². The van der Waals surface area contributed by atoms with E-state index in [1.807, 2.05) is 39.8 Å². The number of hydrogen-bond acceptors (Lipinski definition) is 11. The van der Waals surface area contributed by atoms with Crippen LogP contribution in [-0.2, 0) is 39.8 Å². The van der Waals surface area contributed by atoms with Gasteiger partial charge in [0.05, 0.1) is 41.5 Å². The zero-order valence-electron chi connectivity index (χ0n) is 33.4. The van der Waals surface area contributed by atoms with Crippen LogP contribution in [0.15, 0.2) is 24.3 Å². The number of aliphatic hydroxyl groups is 3. The first kappa shape index (κ1) is 43.5. The minimum absolute atomic E-state index is 0.0359. The van der Waals surface area contributed by atoms with Gasteiger partial charge in [-0.1, -0.05) is 32.9 Å². The van der Waals surface area contributed by atoms with Crippen LogP contribution in [0.25, 0.3) is 0 Å². The van der Waals surface area contributed by atoms with Gasteiger partial charge in [0.25, 0.3) is 0 Å². The van der Waals surface area contributed by atoms with Gasteiger partial charge in [-0.2, -0.15) is 0 Å². The highest BCUT2D eigenvalue weighted by Crippen LogP contribution is 2.39. The number of ether oxygens (including phenoxy) is 5. The third-order valence-electron chi connectivity index (χ3n) is 11.5. The van der Waals surface area contributed by atoms with Crippen LogP contribution in [-0.4, -0.2) is 150 Å². The van der Waals surface area contributed by atoms with E-state index in [1.165, 1.54) is 24.1 Å². The Morgan fingerprint density at radius 1 is 1.00 bits per heavy atom. The van der Waals surface area contributed by atoms with Gasteiger partial charge >= 0.3 is 0 Å². The Kier molecular flexibility index (Phi) is 14.5. The highest BCUT2D eigenvalue weighted by molar-refractivity contribution is 5.86. The molecule has 0 aliphatic carbocycles. The predicted molar refractivity (Wildman–Crippen MR) is 195 cm³/mol. The van der Waals surface area contributed by atoms with E-state index >= 15 is 0 Å². The number of aliphatic hydroxyl groups excluding tert-OH is 2. The van der Waals surface area contributed by atoms with E-state index in [1.54, 1.807) is 51.8 Å². The molecule has 4 rings (SSSR count). The molecule has 302 valence electrons. The number of nitrogens with zero attached hydrogens (tertiary/aromatic N) is 3. The first-order chi connectivity index (χ1) is 24.7. The zero-order valence-corrected chi connectivity index (χ0v) is 33.4. The van der Waals surface area contributed by atoms with Crippen LogP contribution in [0.2, 0.25) is 0 Å². The Balaban J connectivity index is 1.82. The van der Waals surface area contributed by atoms with Crippen molar-refractivity contribution in [2.45, 2.75) is 141 Å². The average Bonchev–Trinajstić information content (AvgIpc) is 3.08. The number of hydrogen-bond donors (Lipinski definition) is 3. The summed E-state index contributed by atoms with van der Waals surface area (Å²) in [4.78, 5) is 33.3. The molecule has 13 nitrogen and oxygen atoms in total. The Morgan fingerprint density at radius 3 is 2.25 bits per heavy atom. The number of rotatable bonds is 8. The summed E-state index contributed by atoms with van der Waals surface area (Å²) in [6.45, 7) is 12.6. The lowest BCUT2D eigenvalue weighted by molar-refractivity contribution is -0.317. The lowest BCUT2D eigenvalue weighted by Crippen LogP contribution is -2.60. The fourth-order valence-electron chi connectivity index (χ4n) is 8.47. The highest BCUT2D eigenvalue weighted by Gasteiger charge is 2.51. The van der Waals surface area contributed by atoms with Crippen molar-refractivity contribution in [3.05, 3.63) is 35.6 Å². The lowest BCUT2D eigenvalue weighted by Gasteiger charge is -2.49. The van der Waals surface area contributed by atoms with Crippen molar-refractivity contribution >= 4 is 11.8 Å². The standard InChI is InChI=1S/C39H64FN3O10/c1-22-17-38(6,48)35(53-37-32(45)29(41(8)9)16-23(2)50-37)24(3)33(52-31-18-39(7,49-11)34(46)26(5)51-31)25(4)36(47)43(21-30(44)42(10)19-22)20-27-12-14-28(40)15-13-27/h12-15,22-26,29,31-35,37,45-46,48H,16-21H2,1-11H3/t22-,23-,24+,25-,26+,29+,31+,32-,33+,34+,35-,37+,38-,39-/m1/s1. The summed E-state index contributed by atoms with van der Waals surface area (Å²) in [5, 5.41) is 34.9. The minimum atomic E-state index is -1.57. The van der Waals surface area contributed by atoms with Gasteiger partial charge in [0, 0.05) is 45.6 Å². The SMILES string of the molecule is CO[C@]1(C)C[C@H](O[C@H]2[C@H](C)[C@@H](O[C@@H]3O[C@H](C)C[C@H](N(C)C)[C@H]3O)[C@](C)(O)C[C@@H](C)CN(C)C(=O)CN(Cc3ccc(F)cc3)C(=O)[C@@H]2C)O[C@@H](C)[C@@H]1O. The summed E-state index contributed by atoms with van der Waals surface area (Å²) >= 11 is 0. The van der Waals surface area contributed by atoms with Crippen LogP contribution in [0.1, 0.15) is 73.3 Å². The molecular formula is C39H64FN3O10. The maximum Gasteiger partial charge on any atom is 0.241 e. The third kappa shape index (κ3) is 10.3. The minimum Gasteiger partial charge on any atom is -0.387 e. The van der Waals surface area contributed by atoms with E-state index < -0.39 is 77.9 Å². The molecule has 14 heteroatoms. The third-order valence-corrected chi connectivity index (χ3v) is 11.5. The van der Waals surface area contributed by atoms with Crippen LogP contribution >= 0.6 is 0 Å². The summed E-state index contributed by atoms with van der Waals surface area (Å²) in [7, 11) is 6.93. The number of carbonyl (C=O) groups excluding carboxylic acids is 2. The monoisotopic (exact) mass is 753 g/mol. The molecule has 2 amide bonds. The van der Waals surface area contributed by atoms with E-state index in [4.69, 9.17) is 23.7 Å². The first-order valence-corrected chi connectivity index (χ1v) is 18.9. The van der Waals surface area contributed by atoms with E-state index in [-0.39, 0.29) is 56.4 Å². The molecule has 3 aliphatic heterocycles. The molecule has 53 heavy (non-hydrogen) atoms. The van der Waals surface area contributed by atoms with Crippen LogP contribution in [0.4, 0.5) is 4.39 Å². The molecule has 0 aromatic heterocycles. The second-order valence-electron chi connectivity index (χ2n) is 16.6. The largest absolute Gasteiger partial charge is 0.387 e. The maximum absolute atomic E-state index is 14.7. The molecule has 14 atom stereocenters. The smallest absolute Gasteiger partial charge is 0.241 e. The molecule has 3 saturated heterocycles. The zero-order chi connectivity index (χ0) is 39.6. The van der Waals surface area contributed by atoms with Gasteiger partial charge in [-0.15, -0.1) is 0 Å². The fourth-order valence-corrected chi connectivity index (χ4v) is 8.47. The molecule has 0 radical (unpaired) electrons. The number of carbonyl (C=O) groups is 2. The molecular weight excluding hydrogens is 689 g/mol.